The Balaban J connectivity index is 0.000000162. The first kappa shape index (κ1) is 6.50. The van der Waals surface area contributed by atoms with Crippen molar-refractivity contribution < 1.29 is 4.98 Å². The van der Waals surface area contributed by atoms with Crippen LogP contribution in [0.15, 0.2) is 18.7 Å². The quantitative estimate of drug-likeness (QED) is 0.487. The standard InChI is InChI=1S/C3H4N2.CH3Cl/c1-2-5-3-4-1;1-2/h1-3H,(H,4,5);1H3/p+1. The highest BCUT2D eigenvalue weighted by atomic mass is 35.5. The van der Waals surface area contributed by atoms with E-state index >= 15 is 0 Å². The van der Waals surface area contributed by atoms with Crippen LogP contribution in [0.4, 0.5) is 0 Å². The Labute approximate surface area is 47.5 Å². The van der Waals surface area contributed by atoms with Gasteiger partial charge in [-0.2, -0.15) is 0 Å². The van der Waals surface area contributed by atoms with Crippen LogP contribution in [0.1, 0.15) is 0 Å². The van der Waals surface area contributed by atoms with Crippen LogP contribution in [-0.4, -0.2) is 11.4 Å². The maximum atomic E-state index is 4.64. The number of rotatable bonds is 0. The zero-order chi connectivity index (χ0) is 5.54. The molecule has 0 spiro atoms. The number of aromatic amines is 2. The molecule has 3 heteroatoms. The van der Waals surface area contributed by atoms with Crippen molar-refractivity contribution in [1.29, 1.82) is 0 Å². The number of halogens is 1. The molecule has 2 nitrogen and oxygen atoms in total. The fourth-order valence-corrected chi connectivity index (χ4v) is 0.241. The monoisotopic (exact) mass is 119 g/mol. The average Bonchev–Trinajstić information content (AvgIpc) is 2.23. The van der Waals surface area contributed by atoms with E-state index in [1.165, 1.54) is 6.38 Å². The second-order valence-corrected chi connectivity index (χ2v) is 0.811. The first-order valence-electron chi connectivity index (χ1n) is 1.87. The van der Waals surface area contributed by atoms with Crippen LogP contribution >= 0.6 is 11.6 Å². The van der Waals surface area contributed by atoms with E-state index in [2.05, 4.69) is 21.6 Å². The Morgan fingerprint density at radius 3 is 2.43 bits per heavy atom. The van der Waals surface area contributed by atoms with Gasteiger partial charge in [-0.1, -0.05) is 0 Å². The lowest BCUT2D eigenvalue weighted by Crippen LogP contribution is -1.87. The highest BCUT2D eigenvalue weighted by Gasteiger charge is 1.65. The summed E-state index contributed by atoms with van der Waals surface area (Å²) < 4.78 is 0. The summed E-state index contributed by atoms with van der Waals surface area (Å²) in [4.78, 5) is 5.61. The van der Waals surface area contributed by atoms with E-state index in [9.17, 15) is 0 Å². The molecule has 0 atom stereocenters. The highest BCUT2D eigenvalue weighted by molar-refractivity contribution is 6.15. The molecule has 0 fully saturated rings. The second-order valence-electron chi connectivity index (χ2n) is 0.811. The predicted molar refractivity (Wildman–Crippen MR) is 29.1 cm³/mol. The van der Waals surface area contributed by atoms with Crippen molar-refractivity contribution in [3.8, 4) is 0 Å². The molecule has 1 aromatic rings. The van der Waals surface area contributed by atoms with Gasteiger partial charge in [-0.25, -0.2) is 0 Å². The summed E-state index contributed by atoms with van der Waals surface area (Å²) in [5, 5.41) is 0. The van der Waals surface area contributed by atoms with E-state index in [1.54, 1.807) is 6.33 Å². The maximum absolute atomic E-state index is 4.64. The Morgan fingerprint density at radius 1 is 1.57 bits per heavy atom. The van der Waals surface area contributed by atoms with E-state index in [4.69, 9.17) is 0 Å². The summed E-state index contributed by atoms with van der Waals surface area (Å²) in [5.41, 5.74) is 0. The lowest BCUT2D eigenvalue weighted by Gasteiger charge is -1.37. The molecule has 0 aliphatic heterocycles. The van der Waals surface area contributed by atoms with E-state index in [0.29, 0.717) is 0 Å². The van der Waals surface area contributed by atoms with Gasteiger partial charge in [0.2, 0.25) is 6.33 Å². The first-order valence-corrected chi connectivity index (χ1v) is 2.62. The van der Waals surface area contributed by atoms with Crippen molar-refractivity contribution in [1.82, 2.24) is 4.98 Å². The summed E-state index contributed by atoms with van der Waals surface area (Å²) in [5.74, 6) is 0. The minimum atomic E-state index is 1.47. The topological polar surface area (TPSA) is 29.9 Å². The van der Waals surface area contributed by atoms with Gasteiger partial charge in [0.1, 0.15) is 12.4 Å². The lowest BCUT2D eigenvalue weighted by atomic mass is 11.0. The number of aromatic nitrogens is 2. The molecule has 0 bridgehead atoms. The molecule has 2 N–H and O–H groups in total. The van der Waals surface area contributed by atoms with Gasteiger partial charge >= 0.3 is 0 Å². The van der Waals surface area contributed by atoms with Crippen LogP contribution in [-0.2, 0) is 0 Å². The van der Waals surface area contributed by atoms with Gasteiger partial charge in [0.15, 0.2) is 0 Å². The van der Waals surface area contributed by atoms with Crippen LogP contribution in [0.25, 0.3) is 0 Å². The van der Waals surface area contributed by atoms with Gasteiger partial charge in [-0.05, 0) is 0 Å². The molecule has 0 aromatic carbocycles. The zero-order valence-electron chi connectivity index (χ0n) is 4.11. The molecule has 0 unspecified atom stereocenters. The molecule has 40 valence electrons. The SMILES string of the molecule is CCl.c1c[nH+]c[nH]1. The fourth-order valence-electron chi connectivity index (χ4n) is 0.241. The first-order chi connectivity index (χ1) is 3.50. The second kappa shape index (κ2) is 5.50. The summed E-state index contributed by atoms with van der Waals surface area (Å²) in [6, 6.07) is 0. The normalized spacial score (nSPS) is 6.57. The fraction of sp³-hybridized carbons (Fsp3) is 0.250. The molecular formula is C4H8ClN2+. The van der Waals surface area contributed by atoms with Crippen LogP contribution in [0.3, 0.4) is 0 Å². The average molecular weight is 120 g/mol. The van der Waals surface area contributed by atoms with Crippen LogP contribution in [0.5, 0.6) is 0 Å². The maximum Gasteiger partial charge on any atom is 0.239 e. The number of hydrogen-bond acceptors (Lipinski definition) is 0. The number of alkyl halides is 1. The summed E-state index contributed by atoms with van der Waals surface area (Å²) >= 11 is 4.64. The van der Waals surface area contributed by atoms with Crippen molar-refractivity contribution in [2.75, 3.05) is 6.38 Å². The van der Waals surface area contributed by atoms with E-state index in [0.717, 1.165) is 0 Å². The zero-order valence-corrected chi connectivity index (χ0v) is 4.87. The molecule has 1 rings (SSSR count). The van der Waals surface area contributed by atoms with Gasteiger partial charge < -0.3 is 0 Å². The van der Waals surface area contributed by atoms with Crippen molar-refractivity contribution in [2.24, 2.45) is 0 Å². The van der Waals surface area contributed by atoms with Gasteiger partial charge in [-0.15, -0.1) is 11.6 Å². The minimum Gasteiger partial charge on any atom is -0.250 e. The molecule has 0 saturated carbocycles. The number of hydrogen-bond donors (Lipinski definition) is 1. The smallest absolute Gasteiger partial charge is 0.239 e. The summed E-state index contributed by atoms with van der Waals surface area (Å²) in [6.07, 6.45) is 6.86. The Morgan fingerprint density at radius 2 is 2.29 bits per heavy atom. The Kier molecular flexibility index (Phi) is 5.11. The predicted octanol–water partition coefficient (Wildman–Crippen LogP) is 0.684. The van der Waals surface area contributed by atoms with E-state index in [1.807, 2.05) is 12.4 Å². The van der Waals surface area contributed by atoms with Gasteiger partial charge in [-0.3, -0.25) is 9.97 Å². The molecule has 0 aliphatic carbocycles. The van der Waals surface area contributed by atoms with Crippen LogP contribution in [0, 0.1) is 0 Å². The van der Waals surface area contributed by atoms with Crippen molar-refractivity contribution in [3.05, 3.63) is 18.7 Å². The lowest BCUT2D eigenvalue weighted by molar-refractivity contribution is -0.375. The van der Waals surface area contributed by atoms with Gasteiger partial charge in [0.25, 0.3) is 0 Å². The van der Waals surface area contributed by atoms with Gasteiger partial charge in [0, 0.05) is 6.38 Å². The molecule has 1 heterocycles. The van der Waals surface area contributed by atoms with E-state index in [-0.39, 0.29) is 0 Å². The highest BCUT2D eigenvalue weighted by Crippen LogP contribution is 1.53. The van der Waals surface area contributed by atoms with Crippen molar-refractivity contribution >= 4 is 11.6 Å². The Hall–Kier alpha value is -0.500. The number of H-pyrrole nitrogens is 2. The molecule has 0 saturated heterocycles. The van der Waals surface area contributed by atoms with E-state index < -0.39 is 0 Å². The number of nitrogens with one attached hydrogen (secondary N) is 2. The molecule has 0 radical (unpaired) electrons. The molecule has 1 aromatic heterocycles. The molecule has 7 heavy (non-hydrogen) atoms. The Bertz CT molecular complexity index is 66.2. The van der Waals surface area contributed by atoms with Crippen molar-refractivity contribution in [3.63, 3.8) is 0 Å². The molecule has 0 aliphatic rings. The van der Waals surface area contributed by atoms with Gasteiger partial charge in [0.05, 0.1) is 0 Å². The summed E-state index contributed by atoms with van der Waals surface area (Å²) in [7, 11) is 0. The third kappa shape index (κ3) is 3.33. The molecular weight excluding hydrogens is 112 g/mol. The third-order valence-electron chi connectivity index (χ3n) is 0.442. The summed E-state index contributed by atoms with van der Waals surface area (Å²) in [6.45, 7) is 0. The third-order valence-corrected chi connectivity index (χ3v) is 0.442. The van der Waals surface area contributed by atoms with Crippen LogP contribution < -0.4 is 4.98 Å². The largest absolute Gasteiger partial charge is 0.250 e. The molecule has 0 amide bonds. The number of imidazole rings is 1. The van der Waals surface area contributed by atoms with Crippen LogP contribution in [0.2, 0.25) is 0 Å². The minimum absolute atomic E-state index is 1.47. The van der Waals surface area contributed by atoms with Crippen molar-refractivity contribution in [2.45, 2.75) is 0 Å².